The van der Waals surface area contributed by atoms with E-state index in [1.807, 2.05) is 18.2 Å². The average Bonchev–Trinajstić information content (AvgIpc) is 2.30. The van der Waals surface area contributed by atoms with E-state index in [0.717, 1.165) is 36.1 Å². The Balaban J connectivity index is 2.54. The van der Waals surface area contributed by atoms with Crippen LogP contribution in [-0.2, 0) is 6.42 Å². The third kappa shape index (κ3) is 1.44. The second kappa shape index (κ2) is 3.21. The predicted octanol–water partition coefficient (Wildman–Crippen LogP) is 2.18. The maximum absolute atomic E-state index is 11.6. The summed E-state index contributed by atoms with van der Waals surface area (Å²) in [7, 11) is 0. The Labute approximate surface area is 77.8 Å². The first-order valence-corrected chi connectivity index (χ1v) is 4.69. The number of anilines is 1. The first-order chi connectivity index (χ1) is 6.29. The number of rotatable bonds is 0. The van der Waals surface area contributed by atoms with E-state index >= 15 is 0 Å². The largest absolute Gasteiger partial charge is 0.398 e. The SMILES string of the molecule is Nc1cccc2c1CCCCC2=O. The molecule has 0 radical (unpaired) electrons. The van der Waals surface area contributed by atoms with Crippen molar-refractivity contribution in [2.75, 3.05) is 5.73 Å². The van der Waals surface area contributed by atoms with Crippen molar-refractivity contribution in [1.29, 1.82) is 0 Å². The summed E-state index contributed by atoms with van der Waals surface area (Å²) in [5.41, 5.74) is 8.50. The monoisotopic (exact) mass is 175 g/mol. The number of Topliss-reactive ketones (excluding diaryl/α,β-unsaturated/α-hetero) is 1. The lowest BCUT2D eigenvalue weighted by molar-refractivity contribution is 0.0982. The van der Waals surface area contributed by atoms with Gasteiger partial charge in [-0.25, -0.2) is 0 Å². The Hall–Kier alpha value is -1.31. The molecule has 0 fully saturated rings. The van der Waals surface area contributed by atoms with Gasteiger partial charge < -0.3 is 5.73 Å². The van der Waals surface area contributed by atoms with Crippen molar-refractivity contribution < 1.29 is 4.79 Å². The van der Waals surface area contributed by atoms with Gasteiger partial charge in [-0.3, -0.25) is 4.79 Å². The minimum atomic E-state index is 0.250. The van der Waals surface area contributed by atoms with Crippen LogP contribution in [0.4, 0.5) is 5.69 Å². The van der Waals surface area contributed by atoms with Crippen LogP contribution in [0.25, 0.3) is 0 Å². The first-order valence-electron chi connectivity index (χ1n) is 4.69. The van der Waals surface area contributed by atoms with Gasteiger partial charge in [0.15, 0.2) is 5.78 Å². The Morgan fingerprint density at radius 1 is 1.15 bits per heavy atom. The van der Waals surface area contributed by atoms with Gasteiger partial charge >= 0.3 is 0 Å². The van der Waals surface area contributed by atoms with Gasteiger partial charge in [0.25, 0.3) is 0 Å². The zero-order valence-corrected chi connectivity index (χ0v) is 7.55. The van der Waals surface area contributed by atoms with Crippen LogP contribution in [0.1, 0.15) is 35.2 Å². The van der Waals surface area contributed by atoms with Crippen molar-refractivity contribution in [1.82, 2.24) is 0 Å². The molecule has 1 aliphatic carbocycles. The van der Waals surface area contributed by atoms with Gasteiger partial charge in [0.2, 0.25) is 0 Å². The lowest BCUT2D eigenvalue weighted by Crippen LogP contribution is -2.02. The summed E-state index contributed by atoms with van der Waals surface area (Å²) in [6.45, 7) is 0. The molecule has 0 aromatic heterocycles. The maximum atomic E-state index is 11.6. The summed E-state index contributed by atoms with van der Waals surface area (Å²) in [5, 5.41) is 0. The van der Waals surface area contributed by atoms with Gasteiger partial charge in [-0.05, 0) is 30.9 Å². The van der Waals surface area contributed by atoms with Crippen molar-refractivity contribution >= 4 is 11.5 Å². The molecule has 0 spiro atoms. The molecular weight excluding hydrogens is 162 g/mol. The van der Waals surface area contributed by atoms with Crippen LogP contribution in [0.5, 0.6) is 0 Å². The molecule has 13 heavy (non-hydrogen) atoms. The Kier molecular flexibility index (Phi) is 2.05. The van der Waals surface area contributed by atoms with Gasteiger partial charge in [-0.15, -0.1) is 0 Å². The Morgan fingerprint density at radius 3 is 2.77 bits per heavy atom. The van der Waals surface area contributed by atoms with Crippen LogP contribution in [0, 0.1) is 0 Å². The van der Waals surface area contributed by atoms with E-state index in [-0.39, 0.29) is 5.78 Å². The number of ketones is 1. The highest BCUT2D eigenvalue weighted by Crippen LogP contribution is 2.24. The lowest BCUT2D eigenvalue weighted by Gasteiger charge is -2.06. The van der Waals surface area contributed by atoms with E-state index in [0.29, 0.717) is 6.42 Å². The molecule has 2 heteroatoms. The summed E-state index contributed by atoms with van der Waals surface area (Å²) in [6, 6.07) is 5.62. The topological polar surface area (TPSA) is 43.1 Å². The molecule has 0 saturated heterocycles. The molecule has 1 aromatic carbocycles. The molecule has 1 aliphatic rings. The van der Waals surface area contributed by atoms with Gasteiger partial charge in [-0.1, -0.05) is 12.1 Å². The Bertz CT molecular complexity index is 344. The van der Waals surface area contributed by atoms with Crippen LogP contribution in [0.2, 0.25) is 0 Å². The van der Waals surface area contributed by atoms with Gasteiger partial charge in [0.05, 0.1) is 0 Å². The number of carbonyl (C=O) groups excluding carboxylic acids is 1. The van der Waals surface area contributed by atoms with Crippen molar-refractivity contribution in [2.24, 2.45) is 0 Å². The van der Waals surface area contributed by atoms with E-state index in [1.54, 1.807) is 0 Å². The fourth-order valence-corrected chi connectivity index (χ4v) is 1.87. The van der Waals surface area contributed by atoms with Gasteiger partial charge in [-0.2, -0.15) is 0 Å². The van der Waals surface area contributed by atoms with E-state index in [4.69, 9.17) is 5.73 Å². The fourth-order valence-electron chi connectivity index (χ4n) is 1.87. The van der Waals surface area contributed by atoms with Crippen LogP contribution in [0.3, 0.4) is 0 Å². The quantitative estimate of drug-likeness (QED) is 0.485. The lowest BCUT2D eigenvalue weighted by atomic mass is 10.0. The molecular formula is C11H13NO. The highest BCUT2D eigenvalue weighted by Gasteiger charge is 2.16. The molecule has 0 amide bonds. The minimum absolute atomic E-state index is 0.250. The molecule has 68 valence electrons. The molecule has 0 aliphatic heterocycles. The van der Waals surface area contributed by atoms with Crippen molar-refractivity contribution in [3.05, 3.63) is 29.3 Å². The molecule has 2 nitrogen and oxygen atoms in total. The zero-order chi connectivity index (χ0) is 9.26. The van der Waals surface area contributed by atoms with Crippen molar-refractivity contribution in [2.45, 2.75) is 25.7 Å². The van der Waals surface area contributed by atoms with Crippen LogP contribution >= 0.6 is 0 Å². The summed E-state index contributed by atoms with van der Waals surface area (Å²) >= 11 is 0. The number of nitrogens with two attached hydrogens (primary N) is 1. The smallest absolute Gasteiger partial charge is 0.163 e. The third-order valence-electron chi connectivity index (χ3n) is 2.59. The molecule has 1 aromatic rings. The van der Waals surface area contributed by atoms with E-state index in [1.165, 1.54) is 0 Å². The number of fused-ring (bicyclic) bond motifs is 1. The molecule has 2 rings (SSSR count). The molecule has 0 atom stereocenters. The standard InChI is InChI=1S/C11H13NO/c12-10-6-3-5-9-8(10)4-1-2-7-11(9)13/h3,5-6H,1-2,4,7,12H2. The van der Waals surface area contributed by atoms with Gasteiger partial charge in [0.1, 0.15) is 0 Å². The number of carbonyl (C=O) groups is 1. The maximum Gasteiger partial charge on any atom is 0.163 e. The second-order valence-corrected chi connectivity index (χ2v) is 3.50. The number of hydrogen-bond acceptors (Lipinski definition) is 2. The summed E-state index contributed by atoms with van der Waals surface area (Å²) < 4.78 is 0. The number of nitrogen functional groups attached to an aromatic ring is 1. The third-order valence-corrected chi connectivity index (χ3v) is 2.59. The molecule has 0 bridgehead atoms. The van der Waals surface area contributed by atoms with E-state index < -0.39 is 0 Å². The van der Waals surface area contributed by atoms with E-state index in [9.17, 15) is 4.79 Å². The minimum Gasteiger partial charge on any atom is -0.398 e. The zero-order valence-electron chi connectivity index (χ0n) is 7.55. The van der Waals surface area contributed by atoms with Gasteiger partial charge in [0, 0.05) is 17.7 Å². The summed E-state index contributed by atoms with van der Waals surface area (Å²) in [4.78, 5) is 11.6. The fraction of sp³-hybridized carbons (Fsp3) is 0.364. The molecule has 0 unspecified atom stereocenters. The van der Waals surface area contributed by atoms with Crippen LogP contribution in [0.15, 0.2) is 18.2 Å². The normalized spacial score (nSPS) is 16.5. The molecule has 0 heterocycles. The highest BCUT2D eigenvalue weighted by atomic mass is 16.1. The summed E-state index contributed by atoms with van der Waals surface area (Å²) in [6.07, 6.45) is 3.70. The predicted molar refractivity (Wildman–Crippen MR) is 52.7 cm³/mol. The average molecular weight is 175 g/mol. The van der Waals surface area contributed by atoms with Crippen molar-refractivity contribution in [3.63, 3.8) is 0 Å². The van der Waals surface area contributed by atoms with Crippen LogP contribution < -0.4 is 5.73 Å². The number of benzene rings is 1. The van der Waals surface area contributed by atoms with E-state index in [2.05, 4.69) is 0 Å². The summed E-state index contributed by atoms with van der Waals surface area (Å²) in [5.74, 6) is 0.250. The Morgan fingerprint density at radius 2 is 1.92 bits per heavy atom. The first kappa shape index (κ1) is 8.30. The van der Waals surface area contributed by atoms with Crippen LogP contribution in [-0.4, -0.2) is 5.78 Å². The second-order valence-electron chi connectivity index (χ2n) is 3.50. The molecule has 2 N–H and O–H groups in total. The van der Waals surface area contributed by atoms with Crippen molar-refractivity contribution in [3.8, 4) is 0 Å². The number of hydrogen-bond donors (Lipinski definition) is 1. The molecule has 0 saturated carbocycles. The highest BCUT2D eigenvalue weighted by molar-refractivity contribution is 5.99.